The van der Waals surface area contributed by atoms with Gasteiger partial charge in [0.1, 0.15) is 5.82 Å². The number of aromatic nitrogens is 2. The Morgan fingerprint density at radius 3 is 2.67 bits per heavy atom. The molecule has 0 atom stereocenters. The summed E-state index contributed by atoms with van der Waals surface area (Å²) in [5, 5.41) is 8.37. The number of nitrogen functional groups attached to an aromatic ring is 1. The molecular weight excluding hydrogens is 258 g/mol. The number of rotatable bonds is 4. The van der Waals surface area contributed by atoms with Crippen LogP contribution in [0.3, 0.4) is 0 Å². The van der Waals surface area contributed by atoms with E-state index in [0.717, 1.165) is 36.9 Å². The highest BCUT2D eigenvalue weighted by Crippen LogP contribution is 2.23. The summed E-state index contributed by atoms with van der Waals surface area (Å²) < 4.78 is 0. The lowest BCUT2D eigenvalue weighted by Crippen LogP contribution is -2.05. The van der Waals surface area contributed by atoms with Crippen molar-refractivity contribution in [3.8, 4) is 0 Å². The van der Waals surface area contributed by atoms with Crippen LogP contribution in [0.2, 0.25) is 0 Å². The van der Waals surface area contributed by atoms with E-state index in [9.17, 15) is 0 Å². The number of nitrogens with two attached hydrogens (primary N) is 1. The predicted molar refractivity (Wildman–Crippen MR) is 86.6 cm³/mol. The van der Waals surface area contributed by atoms with Crippen LogP contribution < -0.4 is 5.73 Å². The second kappa shape index (κ2) is 6.35. The van der Waals surface area contributed by atoms with E-state index in [-0.39, 0.29) is 0 Å². The molecule has 0 spiro atoms. The van der Waals surface area contributed by atoms with Crippen LogP contribution in [-0.2, 0) is 12.8 Å². The van der Waals surface area contributed by atoms with Gasteiger partial charge in [-0.1, -0.05) is 48.6 Å². The topological polar surface area (TPSA) is 51.8 Å². The molecule has 0 fully saturated rings. The molecule has 1 aliphatic carbocycles. The quantitative estimate of drug-likeness (QED) is 0.929. The maximum Gasteiger partial charge on any atom is 0.149 e. The molecule has 0 bridgehead atoms. The summed E-state index contributed by atoms with van der Waals surface area (Å²) in [5.41, 5.74) is 10.6. The molecule has 3 heteroatoms. The number of anilines is 1. The predicted octanol–water partition coefficient (Wildman–Crippen LogP) is 3.58. The molecule has 2 N–H and O–H groups in total. The van der Waals surface area contributed by atoms with Crippen LogP contribution in [-0.4, -0.2) is 10.2 Å². The molecule has 0 saturated carbocycles. The summed E-state index contributed by atoms with van der Waals surface area (Å²) in [6, 6.07) is 12.5. The monoisotopic (exact) mass is 277 g/mol. The van der Waals surface area contributed by atoms with E-state index in [1.165, 1.54) is 11.1 Å². The SMILES string of the molecule is Nc1nnc(C2=CC=CCC2)cc1CCc1ccccc1. The van der Waals surface area contributed by atoms with Crippen molar-refractivity contribution in [1.29, 1.82) is 0 Å². The Hall–Kier alpha value is -2.42. The highest BCUT2D eigenvalue weighted by molar-refractivity contribution is 5.66. The fraction of sp³-hybridized carbons (Fsp3) is 0.222. The first-order valence-corrected chi connectivity index (χ1v) is 7.35. The third-order valence-corrected chi connectivity index (χ3v) is 3.77. The summed E-state index contributed by atoms with van der Waals surface area (Å²) >= 11 is 0. The first kappa shape index (κ1) is 13.6. The lowest BCUT2D eigenvalue weighted by atomic mass is 9.99. The zero-order valence-electron chi connectivity index (χ0n) is 12.0. The minimum absolute atomic E-state index is 0.543. The Balaban J connectivity index is 1.78. The smallest absolute Gasteiger partial charge is 0.149 e. The lowest BCUT2D eigenvalue weighted by Gasteiger charge is -2.10. The maximum absolute atomic E-state index is 5.98. The van der Waals surface area contributed by atoms with E-state index < -0.39 is 0 Å². The molecule has 0 unspecified atom stereocenters. The molecule has 1 heterocycles. The summed E-state index contributed by atoms with van der Waals surface area (Å²) in [6.45, 7) is 0. The van der Waals surface area contributed by atoms with Gasteiger partial charge in [0.2, 0.25) is 0 Å². The summed E-state index contributed by atoms with van der Waals surface area (Å²) in [5.74, 6) is 0.543. The average molecular weight is 277 g/mol. The molecular formula is C18H19N3. The van der Waals surface area contributed by atoms with Gasteiger partial charge in [0.05, 0.1) is 5.69 Å². The van der Waals surface area contributed by atoms with Crippen LogP contribution in [0.25, 0.3) is 5.57 Å². The fourth-order valence-electron chi connectivity index (χ4n) is 2.54. The Morgan fingerprint density at radius 2 is 1.90 bits per heavy atom. The molecule has 1 aromatic carbocycles. The number of hydrogen-bond acceptors (Lipinski definition) is 3. The van der Waals surface area contributed by atoms with Crippen molar-refractivity contribution >= 4 is 11.4 Å². The summed E-state index contributed by atoms with van der Waals surface area (Å²) in [4.78, 5) is 0. The first-order chi connectivity index (χ1) is 10.3. The van der Waals surface area contributed by atoms with Crippen LogP contribution in [0, 0.1) is 0 Å². The average Bonchev–Trinajstić information content (AvgIpc) is 2.56. The number of aryl methyl sites for hydroxylation is 2. The van der Waals surface area contributed by atoms with Gasteiger partial charge in [-0.3, -0.25) is 0 Å². The van der Waals surface area contributed by atoms with Crippen molar-refractivity contribution in [2.45, 2.75) is 25.7 Å². The zero-order chi connectivity index (χ0) is 14.5. The Labute approximate surface area is 125 Å². The van der Waals surface area contributed by atoms with Crippen molar-refractivity contribution in [2.75, 3.05) is 5.73 Å². The minimum atomic E-state index is 0.543. The van der Waals surface area contributed by atoms with E-state index in [1.807, 2.05) is 6.07 Å². The highest BCUT2D eigenvalue weighted by atomic mass is 15.1. The molecule has 1 aliphatic rings. The van der Waals surface area contributed by atoms with Crippen LogP contribution in [0.4, 0.5) is 5.82 Å². The molecule has 0 aliphatic heterocycles. The lowest BCUT2D eigenvalue weighted by molar-refractivity contribution is 0.912. The summed E-state index contributed by atoms with van der Waals surface area (Å²) in [6.07, 6.45) is 10.3. The van der Waals surface area contributed by atoms with Gasteiger partial charge in [-0.2, -0.15) is 0 Å². The van der Waals surface area contributed by atoms with Gasteiger partial charge in [-0.15, -0.1) is 10.2 Å². The molecule has 0 saturated heterocycles. The van der Waals surface area contributed by atoms with Crippen molar-refractivity contribution in [3.63, 3.8) is 0 Å². The first-order valence-electron chi connectivity index (χ1n) is 7.35. The number of benzene rings is 1. The van der Waals surface area contributed by atoms with Crippen LogP contribution in [0.15, 0.2) is 54.6 Å². The van der Waals surface area contributed by atoms with Gasteiger partial charge in [-0.05, 0) is 48.4 Å². The second-order valence-electron chi connectivity index (χ2n) is 5.28. The normalized spacial score (nSPS) is 14.0. The molecule has 106 valence electrons. The minimum Gasteiger partial charge on any atom is -0.382 e. The number of hydrogen-bond donors (Lipinski definition) is 1. The van der Waals surface area contributed by atoms with E-state index in [2.05, 4.69) is 58.8 Å². The number of allylic oxidation sites excluding steroid dienone is 4. The van der Waals surface area contributed by atoms with Crippen molar-refractivity contribution in [1.82, 2.24) is 10.2 Å². The zero-order valence-corrected chi connectivity index (χ0v) is 12.0. The number of nitrogens with zero attached hydrogens (tertiary/aromatic N) is 2. The van der Waals surface area contributed by atoms with E-state index in [0.29, 0.717) is 5.82 Å². The third kappa shape index (κ3) is 3.37. The summed E-state index contributed by atoms with van der Waals surface area (Å²) in [7, 11) is 0. The molecule has 2 aromatic rings. The van der Waals surface area contributed by atoms with Gasteiger partial charge >= 0.3 is 0 Å². The van der Waals surface area contributed by atoms with Crippen molar-refractivity contribution in [3.05, 3.63) is 71.4 Å². The highest BCUT2D eigenvalue weighted by Gasteiger charge is 2.09. The maximum atomic E-state index is 5.98. The molecule has 1 aromatic heterocycles. The second-order valence-corrected chi connectivity index (χ2v) is 5.28. The fourth-order valence-corrected chi connectivity index (χ4v) is 2.54. The Morgan fingerprint density at radius 1 is 1.05 bits per heavy atom. The Bertz CT molecular complexity index is 672. The van der Waals surface area contributed by atoms with Crippen LogP contribution >= 0.6 is 0 Å². The molecule has 21 heavy (non-hydrogen) atoms. The largest absolute Gasteiger partial charge is 0.382 e. The van der Waals surface area contributed by atoms with Crippen LogP contribution in [0.5, 0.6) is 0 Å². The molecule has 0 radical (unpaired) electrons. The van der Waals surface area contributed by atoms with Crippen molar-refractivity contribution < 1.29 is 0 Å². The Kier molecular flexibility index (Phi) is 4.10. The van der Waals surface area contributed by atoms with Gasteiger partial charge in [-0.25, -0.2) is 0 Å². The van der Waals surface area contributed by atoms with E-state index >= 15 is 0 Å². The third-order valence-electron chi connectivity index (χ3n) is 3.77. The van der Waals surface area contributed by atoms with Gasteiger partial charge in [0.25, 0.3) is 0 Å². The van der Waals surface area contributed by atoms with E-state index in [4.69, 9.17) is 5.73 Å². The van der Waals surface area contributed by atoms with Crippen molar-refractivity contribution in [2.24, 2.45) is 0 Å². The van der Waals surface area contributed by atoms with Crippen LogP contribution in [0.1, 0.15) is 29.7 Å². The van der Waals surface area contributed by atoms with Gasteiger partial charge < -0.3 is 5.73 Å². The molecule has 3 rings (SSSR count). The van der Waals surface area contributed by atoms with E-state index in [1.54, 1.807) is 0 Å². The molecule has 3 nitrogen and oxygen atoms in total. The van der Waals surface area contributed by atoms with Gasteiger partial charge in [0.15, 0.2) is 0 Å². The standard InChI is InChI=1S/C18H19N3/c19-18-16(12-11-14-7-3-1-4-8-14)13-17(20-21-18)15-9-5-2-6-10-15/h1-5,7-9,13H,6,10-12H2,(H2,19,21). The molecule has 0 amide bonds. The van der Waals surface area contributed by atoms with Gasteiger partial charge in [0, 0.05) is 0 Å².